The molecule has 0 amide bonds. The van der Waals surface area contributed by atoms with E-state index >= 15 is 0 Å². The molecular weight excluding hydrogens is 314 g/mol. The highest BCUT2D eigenvalue weighted by molar-refractivity contribution is 7.90. The molecular formula is C6H6ClNO8S2. The third-order valence-corrected chi connectivity index (χ3v) is 4.89. The molecule has 2 N–H and O–H groups in total. The molecule has 0 bridgehead atoms. The van der Waals surface area contributed by atoms with Crippen LogP contribution in [0.3, 0.4) is 0 Å². The summed E-state index contributed by atoms with van der Waals surface area (Å²) in [6.45, 7) is 0. The SMILES string of the molecule is O=[N+]([O-])C1(S(=O)(=O)O)C=C(S(=O)(=O)O)C(Cl)=CC1. The number of nitro groups is 1. The fourth-order valence-corrected chi connectivity index (χ4v) is 3.19. The molecule has 0 radical (unpaired) electrons. The summed E-state index contributed by atoms with van der Waals surface area (Å²) in [7, 11) is -10.2. The minimum Gasteiger partial charge on any atom is -0.282 e. The summed E-state index contributed by atoms with van der Waals surface area (Å²) in [5.41, 5.74) is 0. The first-order chi connectivity index (χ1) is 7.92. The second-order valence-corrected chi connectivity index (χ2v) is 6.77. The molecule has 0 aromatic rings. The quantitative estimate of drug-likeness (QED) is 0.423. The van der Waals surface area contributed by atoms with Crippen LogP contribution in [0.25, 0.3) is 0 Å². The Kier molecular flexibility index (Phi) is 3.57. The van der Waals surface area contributed by atoms with E-state index < -0.39 is 46.4 Å². The Morgan fingerprint density at radius 3 is 2.17 bits per heavy atom. The average Bonchev–Trinajstić information content (AvgIpc) is 2.14. The summed E-state index contributed by atoms with van der Waals surface area (Å²) in [6.07, 6.45) is -0.0576. The van der Waals surface area contributed by atoms with E-state index in [0.717, 1.165) is 0 Å². The first-order valence-electron chi connectivity index (χ1n) is 4.10. The van der Waals surface area contributed by atoms with Crippen molar-refractivity contribution >= 4 is 31.8 Å². The minimum absolute atomic E-state index is 0.0972. The van der Waals surface area contributed by atoms with Gasteiger partial charge in [0.2, 0.25) is 0 Å². The van der Waals surface area contributed by atoms with Gasteiger partial charge in [-0.1, -0.05) is 17.7 Å². The molecule has 0 spiro atoms. The van der Waals surface area contributed by atoms with E-state index in [2.05, 4.69) is 0 Å². The van der Waals surface area contributed by atoms with Crippen LogP contribution in [0, 0.1) is 10.1 Å². The van der Waals surface area contributed by atoms with Gasteiger partial charge >= 0.3 is 15.0 Å². The first-order valence-corrected chi connectivity index (χ1v) is 7.35. The van der Waals surface area contributed by atoms with Crippen molar-refractivity contribution in [1.29, 1.82) is 0 Å². The van der Waals surface area contributed by atoms with Crippen molar-refractivity contribution in [3.05, 3.63) is 32.2 Å². The Morgan fingerprint density at radius 2 is 1.83 bits per heavy atom. The number of rotatable bonds is 3. The van der Waals surface area contributed by atoms with E-state index in [1.54, 1.807) is 0 Å². The van der Waals surface area contributed by atoms with Crippen LogP contribution in [-0.4, -0.2) is 35.7 Å². The number of hydrogen-bond acceptors (Lipinski definition) is 6. The molecule has 9 nitrogen and oxygen atoms in total. The van der Waals surface area contributed by atoms with Crippen molar-refractivity contribution < 1.29 is 30.9 Å². The highest BCUT2D eigenvalue weighted by Crippen LogP contribution is 2.36. The molecule has 1 atom stereocenters. The molecule has 18 heavy (non-hydrogen) atoms. The maximum absolute atomic E-state index is 11.0. The highest BCUT2D eigenvalue weighted by atomic mass is 35.5. The van der Waals surface area contributed by atoms with E-state index in [0.29, 0.717) is 6.08 Å². The van der Waals surface area contributed by atoms with E-state index in [1.165, 1.54) is 0 Å². The molecule has 0 heterocycles. The molecule has 0 aromatic carbocycles. The van der Waals surface area contributed by atoms with Gasteiger partial charge in [-0.15, -0.1) is 0 Å². The number of allylic oxidation sites excluding steroid dienone is 1. The van der Waals surface area contributed by atoms with Gasteiger partial charge in [-0.25, -0.2) is 0 Å². The van der Waals surface area contributed by atoms with E-state index in [1.807, 2.05) is 0 Å². The van der Waals surface area contributed by atoms with Crippen LogP contribution in [0.1, 0.15) is 6.42 Å². The smallest absolute Gasteiger partial charge is 0.282 e. The third kappa shape index (κ3) is 2.40. The van der Waals surface area contributed by atoms with Gasteiger partial charge in [-0.3, -0.25) is 19.2 Å². The van der Waals surface area contributed by atoms with Gasteiger partial charge in [0.1, 0.15) is 4.91 Å². The number of halogens is 1. The fraction of sp³-hybridized carbons (Fsp3) is 0.333. The molecule has 1 aliphatic rings. The average molecular weight is 320 g/mol. The fourth-order valence-electron chi connectivity index (χ4n) is 1.27. The standard InChI is InChI=1S/C6H6ClNO8S2/c7-4-1-2-6(8(9)10,18(14,15)16)3-5(4)17(11,12)13/h1,3H,2H2,(H,11,12,13)(H,14,15,16). The van der Waals surface area contributed by atoms with Gasteiger partial charge in [0.15, 0.2) is 0 Å². The van der Waals surface area contributed by atoms with Crippen LogP contribution < -0.4 is 0 Å². The van der Waals surface area contributed by atoms with E-state index in [9.17, 15) is 26.9 Å². The lowest BCUT2D eigenvalue weighted by molar-refractivity contribution is -0.527. The zero-order valence-corrected chi connectivity index (χ0v) is 10.7. The Hall–Kier alpha value is -1.01. The molecule has 102 valence electrons. The van der Waals surface area contributed by atoms with Gasteiger partial charge < -0.3 is 0 Å². The number of nitrogens with zero attached hydrogens (tertiary/aromatic N) is 1. The zero-order chi connectivity index (χ0) is 14.4. The maximum Gasteiger partial charge on any atom is 0.366 e. The monoisotopic (exact) mass is 319 g/mol. The molecule has 0 aromatic heterocycles. The van der Waals surface area contributed by atoms with Crippen LogP contribution in [0.5, 0.6) is 0 Å². The predicted molar refractivity (Wildman–Crippen MR) is 59.5 cm³/mol. The van der Waals surface area contributed by atoms with Crippen LogP contribution in [0.4, 0.5) is 0 Å². The summed E-state index contributed by atoms with van der Waals surface area (Å²) in [5.74, 6) is 0. The lowest BCUT2D eigenvalue weighted by Gasteiger charge is -2.21. The summed E-state index contributed by atoms with van der Waals surface area (Å²) in [5, 5.41) is 10.2. The Morgan fingerprint density at radius 1 is 1.33 bits per heavy atom. The van der Waals surface area contributed by atoms with Crippen LogP contribution in [-0.2, 0) is 20.2 Å². The van der Waals surface area contributed by atoms with Crippen molar-refractivity contribution in [3.8, 4) is 0 Å². The molecule has 0 fully saturated rings. The second-order valence-electron chi connectivity index (χ2n) is 3.32. The van der Waals surface area contributed by atoms with Gasteiger partial charge in [-0.05, 0) is 0 Å². The summed E-state index contributed by atoms with van der Waals surface area (Å²) in [6, 6.07) is 0. The van der Waals surface area contributed by atoms with E-state index in [4.69, 9.17) is 20.7 Å². The van der Waals surface area contributed by atoms with Gasteiger partial charge in [0, 0.05) is 11.0 Å². The molecule has 0 aliphatic heterocycles. The zero-order valence-electron chi connectivity index (χ0n) is 8.35. The topological polar surface area (TPSA) is 152 Å². The number of hydrogen-bond donors (Lipinski definition) is 2. The predicted octanol–water partition coefficient (Wildman–Crippen LogP) is 0.145. The van der Waals surface area contributed by atoms with Crippen molar-refractivity contribution in [1.82, 2.24) is 0 Å². The molecule has 1 aliphatic carbocycles. The van der Waals surface area contributed by atoms with Gasteiger partial charge in [-0.2, -0.15) is 16.8 Å². The largest absolute Gasteiger partial charge is 0.366 e. The summed E-state index contributed by atoms with van der Waals surface area (Å²) in [4.78, 5) is 5.16. The van der Waals surface area contributed by atoms with E-state index in [-0.39, 0.29) is 6.08 Å². The Bertz CT molecular complexity index is 660. The molecule has 1 unspecified atom stereocenters. The maximum atomic E-state index is 11.0. The van der Waals surface area contributed by atoms with Crippen LogP contribution in [0.15, 0.2) is 22.1 Å². The summed E-state index contributed by atoms with van der Waals surface area (Å²) < 4.78 is 61.5. The second kappa shape index (κ2) is 4.28. The van der Waals surface area contributed by atoms with Crippen molar-refractivity contribution in [3.63, 3.8) is 0 Å². The highest BCUT2D eigenvalue weighted by Gasteiger charge is 2.55. The lowest BCUT2D eigenvalue weighted by Crippen LogP contribution is -2.45. The van der Waals surface area contributed by atoms with Crippen molar-refractivity contribution in [2.24, 2.45) is 0 Å². The third-order valence-electron chi connectivity index (χ3n) is 2.20. The van der Waals surface area contributed by atoms with Gasteiger partial charge in [0.05, 0.1) is 11.5 Å². The van der Waals surface area contributed by atoms with Crippen LogP contribution in [0.2, 0.25) is 0 Å². The summed E-state index contributed by atoms with van der Waals surface area (Å²) >= 11 is 5.40. The van der Waals surface area contributed by atoms with Crippen molar-refractivity contribution in [2.75, 3.05) is 0 Å². The van der Waals surface area contributed by atoms with Crippen molar-refractivity contribution in [2.45, 2.75) is 11.3 Å². The van der Waals surface area contributed by atoms with Crippen LogP contribution >= 0.6 is 11.6 Å². The molecule has 0 saturated carbocycles. The minimum atomic E-state index is -5.26. The molecule has 0 saturated heterocycles. The Balaban J connectivity index is 3.65. The Labute approximate surface area is 106 Å². The normalized spacial score (nSPS) is 25.3. The first kappa shape index (κ1) is 15.0. The molecule has 1 rings (SSSR count). The van der Waals surface area contributed by atoms with Gasteiger partial charge in [0.25, 0.3) is 10.1 Å². The lowest BCUT2D eigenvalue weighted by atomic mass is 10.1. The molecule has 12 heteroatoms.